The second-order valence-corrected chi connectivity index (χ2v) is 5.36. The Morgan fingerprint density at radius 3 is 2.60 bits per heavy atom. The maximum absolute atomic E-state index is 9.22. The Morgan fingerprint density at radius 2 is 1.85 bits per heavy atom. The Hall–Kier alpha value is -1.97. The predicted molar refractivity (Wildman–Crippen MR) is 76.8 cm³/mol. The highest BCUT2D eigenvalue weighted by Gasteiger charge is 2.15. The number of phenols is 1. The molecular weight excluding hydrogens is 252 g/mol. The second-order valence-electron chi connectivity index (χ2n) is 5.36. The maximum atomic E-state index is 9.22. The topological polar surface area (TPSA) is 47.3 Å². The second kappa shape index (κ2) is 5.99. The van der Waals surface area contributed by atoms with E-state index in [2.05, 4.69) is 16.0 Å². The number of nitrogens with zero attached hydrogens (tertiary/aromatic N) is 2. The van der Waals surface area contributed by atoms with Gasteiger partial charge in [0.05, 0.1) is 11.7 Å². The van der Waals surface area contributed by atoms with Crippen LogP contribution in [0.15, 0.2) is 36.5 Å². The minimum Gasteiger partial charge on any atom is -0.508 e. The van der Waals surface area contributed by atoms with Gasteiger partial charge >= 0.3 is 0 Å². The molecule has 1 aromatic carbocycles. The van der Waals surface area contributed by atoms with E-state index in [4.69, 9.17) is 4.74 Å². The van der Waals surface area contributed by atoms with E-state index >= 15 is 0 Å². The van der Waals surface area contributed by atoms with Crippen LogP contribution >= 0.6 is 0 Å². The van der Waals surface area contributed by atoms with Gasteiger partial charge in [0.1, 0.15) is 18.1 Å². The molecule has 1 N–H and O–H groups in total. The van der Waals surface area contributed by atoms with Crippen molar-refractivity contribution in [3.8, 4) is 11.5 Å². The summed E-state index contributed by atoms with van der Waals surface area (Å²) in [5.41, 5.74) is 0.948. The number of hydrogen-bond donors (Lipinski definition) is 1. The summed E-state index contributed by atoms with van der Waals surface area (Å²) in [6.45, 7) is 0.463. The van der Waals surface area contributed by atoms with E-state index in [9.17, 15) is 5.11 Å². The Balaban J connectivity index is 1.58. The molecule has 1 fully saturated rings. The molecule has 106 valence electrons. The first-order valence-electron chi connectivity index (χ1n) is 7.27. The smallest absolute Gasteiger partial charge is 0.132 e. The van der Waals surface area contributed by atoms with E-state index in [1.807, 2.05) is 6.07 Å². The van der Waals surface area contributed by atoms with E-state index < -0.39 is 0 Å². The number of benzene rings is 1. The zero-order valence-corrected chi connectivity index (χ0v) is 11.5. The standard InChI is InChI=1S/C16H20N2O2/c19-15-6-8-16(9-7-15)20-12-13-10-11-18(17-13)14-4-2-1-3-5-14/h6-11,14,19H,1-5,12H2. The maximum Gasteiger partial charge on any atom is 0.132 e. The number of aromatic nitrogens is 2. The summed E-state index contributed by atoms with van der Waals surface area (Å²) in [6, 6.07) is 9.34. The van der Waals surface area contributed by atoms with E-state index in [-0.39, 0.29) is 5.75 Å². The molecule has 3 rings (SSSR count). The highest BCUT2D eigenvalue weighted by Crippen LogP contribution is 2.27. The van der Waals surface area contributed by atoms with E-state index in [0.717, 1.165) is 11.4 Å². The van der Waals surface area contributed by atoms with Crippen molar-refractivity contribution in [1.82, 2.24) is 9.78 Å². The number of aromatic hydroxyl groups is 1. The van der Waals surface area contributed by atoms with Gasteiger partial charge in [-0.2, -0.15) is 5.10 Å². The van der Waals surface area contributed by atoms with Crippen molar-refractivity contribution >= 4 is 0 Å². The molecule has 1 aromatic heterocycles. The van der Waals surface area contributed by atoms with Gasteiger partial charge in [0.15, 0.2) is 0 Å². The first kappa shape index (κ1) is 13.0. The van der Waals surface area contributed by atoms with Crippen LogP contribution < -0.4 is 4.74 Å². The molecule has 1 saturated carbocycles. The SMILES string of the molecule is Oc1ccc(OCc2ccn(C3CCCCC3)n2)cc1. The molecule has 0 atom stereocenters. The number of hydrogen-bond acceptors (Lipinski definition) is 3. The molecule has 0 bridgehead atoms. The molecule has 0 aliphatic heterocycles. The molecule has 0 unspecified atom stereocenters. The Bertz CT molecular complexity index is 542. The summed E-state index contributed by atoms with van der Waals surface area (Å²) in [6.07, 6.45) is 8.51. The molecule has 1 heterocycles. The van der Waals surface area contributed by atoms with Gasteiger partial charge in [-0.3, -0.25) is 4.68 Å². The fourth-order valence-corrected chi connectivity index (χ4v) is 2.70. The van der Waals surface area contributed by atoms with Gasteiger partial charge in [-0.1, -0.05) is 19.3 Å². The summed E-state index contributed by atoms with van der Waals surface area (Å²) in [7, 11) is 0. The average molecular weight is 272 g/mol. The van der Waals surface area contributed by atoms with Crippen LogP contribution in [-0.4, -0.2) is 14.9 Å². The van der Waals surface area contributed by atoms with Gasteiger partial charge in [-0.15, -0.1) is 0 Å². The number of phenolic OH excluding ortho intramolecular Hbond substituents is 1. The van der Waals surface area contributed by atoms with Crippen LogP contribution in [-0.2, 0) is 6.61 Å². The van der Waals surface area contributed by atoms with E-state index in [0.29, 0.717) is 12.6 Å². The summed E-state index contributed by atoms with van der Waals surface area (Å²) >= 11 is 0. The Kier molecular flexibility index (Phi) is 3.90. The molecule has 0 saturated heterocycles. The number of rotatable bonds is 4. The van der Waals surface area contributed by atoms with Gasteiger partial charge in [-0.25, -0.2) is 0 Å². The molecule has 0 spiro atoms. The van der Waals surface area contributed by atoms with Crippen LogP contribution in [0, 0.1) is 0 Å². The third kappa shape index (κ3) is 3.13. The first-order valence-corrected chi connectivity index (χ1v) is 7.27. The highest BCUT2D eigenvalue weighted by molar-refractivity contribution is 5.30. The van der Waals surface area contributed by atoms with Gasteiger partial charge < -0.3 is 9.84 Å². The molecule has 1 aliphatic rings. The lowest BCUT2D eigenvalue weighted by Gasteiger charge is -2.21. The van der Waals surface area contributed by atoms with Crippen molar-refractivity contribution in [2.24, 2.45) is 0 Å². The average Bonchev–Trinajstić information content (AvgIpc) is 2.97. The highest BCUT2D eigenvalue weighted by atomic mass is 16.5. The molecule has 0 radical (unpaired) electrons. The summed E-state index contributed by atoms with van der Waals surface area (Å²) in [4.78, 5) is 0. The van der Waals surface area contributed by atoms with Crippen LogP contribution in [0.5, 0.6) is 11.5 Å². The van der Waals surface area contributed by atoms with Crippen molar-refractivity contribution in [2.75, 3.05) is 0 Å². The molecule has 0 amide bonds. The molecule has 2 aromatic rings. The van der Waals surface area contributed by atoms with Crippen LogP contribution in [0.1, 0.15) is 43.8 Å². The first-order chi connectivity index (χ1) is 9.81. The zero-order chi connectivity index (χ0) is 13.8. The quantitative estimate of drug-likeness (QED) is 0.923. The zero-order valence-electron chi connectivity index (χ0n) is 11.5. The predicted octanol–water partition coefficient (Wildman–Crippen LogP) is 3.67. The van der Waals surface area contributed by atoms with E-state index in [1.165, 1.54) is 32.1 Å². The molecule has 4 nitrogen and oxygen atoms in total. The van der Waals surface area contributed by atoms with Gasteiger partial charge in [0.2, 0.25) is 0 Å². The largest absolute Gasteiger partial charge is 0.508 e. The summed E-state index contributed by atoms with van der Waals surface area (Å²) in [5.74, 6) is 0.994. The lowest BCUT2D eigenvalue weighted by atomic mass is 9.96. The molecule has 4 heteroatoms. The molecule has 1 aliphatic carbocycles. The fourth-order valence-electron chi connectivity index (χ4n) is 2.70. The van der Waals surface area contributed by atoms with Crippen LogP contribution in [0.2, 0.25) is 0 Å². The van der Waals surface area contributed by atoms with Crippen molar-refractivity contribution in [1.29, 1.82) is 0 Å². The van der Waals surface area contributed by atoms with Gasteiger partial charge in [-0.05, 0) is 43.2 Å². The third-order valence-electron chi connectivity index (χ3n) is 3.84. The van der Waals surface area contributed by atoms with Gasteiger partial charge in [0, 0.05) is 6.20 Å². The van der Waals surface area contributed by atoms with Crippen molar-refractivity contribution in [3.63, 3.8) is 0 Å². The number of ether oxygens (including phenoxy) is 1. The monoisotopic (exact) mass is 272 g/mol. The third-order valence-corrected chi connectivity index (χ3v) is 3.84. The Labute approximate surface area is 119 Å². The van der Waals surface area contributed by atoms with Crippen molar-refractivity contribution in [3.05, 3.63) is 42.2 Å². The molecular formula is C16H20N2O2. The van der Waals surface area contributed by atoms with Crippen LogP contribution in [0.3, 0.4) is 0 Å². The van der Waals surface area contributed by atoms with Crippen LogP contribution in [0.25, 0.3) is 0 Å². The van der Waals surface area contributed by atoms with E-state index in [1.54, 1.807) is 24.3 Å². The van der Waals surface area contributed by atoms with Crippen LogP contribution in [0.4, 0.5) is 0 Å². The van der Waals surface area contributed by atoms with Gasteiger partial charge in [0.25, 0.3) is 0 Å². The van der Waals surface area contributed by atoms with Crippen molar-refractivity contribution in [2.45, 2.75) is 44.8 Å². The fraction of sp³-hybridized carbons (Fsp3) is 0.438. The Morgan fingerprint density at radius 1 is 1.10 bits per heavy atom. The summed E-state index contributed by atoms with van der Waals surface area (Å²) < 4.78 is 7.75. The lowest BCUT2D eigenvalue weighted by molar-refractivity contribution is 0.290. The summed E-state index contributed by atoms with van der Waals surface area (Å²) in [5, 5.41) is 13.8. The molecule has 20 heavy (non-hydrogen) atoms. The van der Waals surface area contributed by atoms with Crippen molar-refractivity contribution < 1.29 is 9.84 Å². The minimum absolute atomic E-state index is 0.249. The normalized spacial score (nSPS) is 16.2. The minimum atomic E-state index is 0.249. The lowest BCUT2D eigenvalue weighted by Crippen LogP contribution is -2.13.